The zero-order valence-corrected chi connectivity index (χ0v) is 15.9. The maximum Gasteiger partial charge on any atom is 0.255 e. The van der Waals surface area contributed by atoms with Gasteiger partial charge in [0.25, 0.3) is 5.91 Å². The Kier molecular flexibility index (Phi) is 4.70. The first-order valence-electron chi connectivity index (χ1n) is 8.39. The molecule has 26 heavy (non-hydrogen) atoms. The summed E-state index contributed by atoms with van der Waals surface area (Å²) in [6, 6.07) is 13.1. The van der Waals surface area contributed by atoms with Crippen LogP contribution in [0.4, 0.5) is 5.13 Å². The largest absolute Gasteiger partial charge is 0.497 e. The van der Waals surface area contributed by atoms with Crippen molar-refractivity contribution in [3.05, 3.63) is 53.1 Å². The molecule has 1 fully saturated rings. The summed E-state index contributed by atoms with van der Waals surface area (Å²) in [6.45, 7) is 2.83. The number of methoxy groups -OCH3 is 1. The fourth-order valence-corrected chi connectivity index (χ4v) is 4.32. The van der Waals surface area contributed by atoms with Gasteiger partial charge in [0.05, 0.1) is 27.9 Å². The van der Waals surface area contributed by atoms with Crippen LogP contribution in [0.25, 0.3) is 10.2 Å². The van der Waals surface area contributed by atoms with Crippen molar-refractivity contribution >= 4 is 44.2 Å². The fourth-order valence-electron chi connectivity index (χ4n) is 3.06. The number of hydrogen-bond acceptors (Lipinski definition) is 5. The third-order valence-corrected chi connectivity index (χ3v) is 5.93. The van der Waals surface area contributed by atoms with E-state index < -0.39 is 0 Å². The van der Waals surface area contributed by atoms with Gasteiger partial charge in [-0.3, -0.25) is 4.79 Å². The van der Waals surface area contributed by atoms with Gasteiger partial charge in [-0.05, 0) is 30.3 Å². The van der Waals surface area contributed by atoms with Gasteiger partial charge in [-0.25, -0.2) is 4.98 Å². The van der Waals surface area contributed by atoms with E-state index in [1.165, 1.54) is 0 Å². The first kappa shape index (κ1) is 17.1. The second-order valence-electron chi connectivity index (χ2n) is 6.09. The number of hydrogen-bond donors (Lipinski definition) is 0. The topological polar surface area (TPSA) is 45.7 Å². The lowest BCUT2D eigenvalue weighted by molar-refractivity contribution is 0.0747. The standard InChI is InChI=1S/C19H18ClN3O2S/c1-25-13-6-7-16-17(12-13)26-19(21-16)23-10-8-22(9-11-23)18(24)14-4-2-3-5-15(14)20/h2-7,12H,8-11H2,1H3. The summed E-state index contributed by atoms with van der Waals surface area (Å²) in [5, 5.41) is 1.48. The molecule has 0 saturated carbocycles. The molecule has 0 N–H and O–H groups in total. The van der Waals surface area contributed by atoms with Crippen LogP contribution in [-0.2, 0) is 0 Å². The number of carbonyl (C=O) groups is 1. The molecule has 0 spiro atoms. The van der Waals surface area contributed by atoms with Crippen molar-refractivity contribution in [1.29, 1.82) is 0 Å². The Morgan fingerprint density at radius 3 is 2.65 bits per heavy atom. The number of aromatic nitrogens is 1. The Bertz CT molecular complexity index is 951. The zero-order valence-electron chi connectivity index (χ0n) is 14.3. The summed E-state index contributed by atoms with van der Waals surface area (Å²) < 4.78 is 6.38. The quantitative estimate of drug-likeness (QED) is 0.683. The van der Waals surface area contributed by atoms with E-state index in [9.17, 15) is 4.79 Å². The number of thiazole rings is 1. The van der Waals surface area contributed by atoms with Gasteiger partial charge in [0.2, 0.25) is 0 Å². The Morgan fingerprint density at radius 2 is 1.92 bits per heavy atom. The van der Waals surface area contributed by atoms with E-state index in [0.29, 0.717) is 23.7 Å². The third-order valence-electron chi connectivity index (χ3n) is 4.53. The highest BCUT2D eigenvalue weighted by atomic mass is 35.5. The molecule has 0 unspecified atom stereocenters. The second-order valence-corrected chi connectivity index (χ2v) is 7.51. The second kappa shape index (κ2) is 7.13. The predicted octanol–water partition coefficient (Wildman–Crippen LogP) is 3.92. The maximum atomic E-state index is 12.7. The van der Waals surface area contributed by atoms with Gasteiger partial charge in [-0.2, -0.15) is 0 Å². The van der Waals surface area contributed by atoms with Gasteiger partial charge in [0.1, 0.15) is 5.75 Å². The van der Waals surface area contributed by atoms with Crippen molar-refractivity contribution < 1.29 is 9.53 Å². The van der Waals surface area contributed by atoms with Gasteiger partial charge < -0.3 is 14.5 Å². The Hall–Kier alpha value is -2.31. The smallest absolute Gasteiger partial charge is 0.255 e. The summed E-state index contributed by atoms with van der Waals surface area (Å²) in [5.74, 6) is 0.826. The minimum Gasteiger partial charge on any atom is -0.497 e. The van der Waals surface area contributed by atoms with E-state index in [4.69, 9.17) is 21.3 Å². The number of rotatable bonds is 3. The summed E-state index contributed by atoms with van der Waals surface area (Å²) in [7, 11) is 1.67. The molecular weight excluding hydrogens is 370 g/mol. The summed E-state index contributed by atoms with van der Waals surface area (Å²) >= 11 is 7.81. The normalized spacial score (nSPS) is 14.7. The van der Waals surface area contributed by atoms with E-state index >= 15 is 0 Å². The van der Waals surface area contributed by atoms with Gasteiger partial charge in [-0.15, -0.1) is 0 Å². The highest BCUT2D eigenvalue weighted by molar-refractivity contribution is 7.22. The van der Waals surface area contributed by atoms with E-state index in [1.807, 2.05) is 35.2 Å². The van der Waals surface area contributed by atoms with Crippen LogP contribution in [-0.4, -0.2) is 49.1 Å². The number of piperazine rings is 1. The minimum atomic E-state index is -0.00992. The number of nitrogens with zero attached hydrogens (tertiary/aromatic N) is 3. The minimum absolute atomic E-state index is 0.00992. The molecule has 7 heteroatoms. The van der Waals surface area contributed by atoms with Crippen molar-refractivity contribution in [2.45, 2.75) is 0 Å². The molecule has 1 saturated heterocycles. The number of benzene rings is 2. The van der Waals surface area contributed by atoms with Crippen molar-refractivity contribution in [1.82, 2.24) is 9.88 Å². The van der Waals surface area contributed by atoms with Crippen molar-refractivity contribution in [3.8, 4) is 5.75 Å². The van der Waals surface area contributed by atoms with Crippen LogP contribution in [0, 0.1) is 0 Å². The molecule has 2 heterocycles. The number of ether oxygens (including phenoxy) is 1. The molecular formula is C19H18ClN3O2S. The molecule has 0 radical (unpaired) electrons. The van der Waals surface area contributed by atoms with E-state index in [1.54, 1.807) is 30.6 Å². The van der Waals surface area contributed by atoms with Gasteiger partial charge >= 0.3 is 0 Å². The van der Waals surface area contributed by atoms with Crippen molar-refractivity contribution in [3.63, 3.8) is 0 Å². The summed E-state index contributed by atoms with van der Waals surface area (Å²) in [4.78, 5) is 21.5. The van der Waals surface area contributed by atoms with Crippen molar-refractivity contribution in [2.24, 2.45) is 0 Å². The SMILES string of the molecule is COc1ccc2nc(N3CCN(C(=O)c4ccccc4Cl)CC3)sc2c1. The first-order valence-corrected chi connectivity index (χ1v) is 9.58. The average Bonchev–Trinajstić information content (AvgIpc) is 3.11. The molecule has 4 rings (SSSR count). The van der Waals surface area contributed by atoms with Crippen LogP contribution in [0.3, 0.4) is 0 Å². The number of carbonyl (C=O) groups excluding carboxylic acids is 1. The number of anilines is 1. The van der Waals surface area contributed by atoms with Crippen LogP contribution in [0.5, 0.6) is 5.75 Å². The lowest BCUT2D eigenvalue weighted by atomic mass is 10.2. The molecule has 2 aromatic carbocycles. The molecule has 0 atom stereocenters. The monoisotopic (exact) mass is 387 g/mol. The van der Waals surface area contributed by atoms with Crippen molar-refractivity contribution in [2.75, 3.05) is 38.2 Å². The molecule has 0 aliphatic carbocycles. The molecule has 1 amide bonds. The lowest BCUT2D eigenvalue weighted by Gasteiger charge is -2.34. The highest BCUT2D eigenvalue weighted by Gasteiger charge is 2.25. The van der Waals surface area contributed by atoms with Gasteiger partial charge in [0.15, 0.2) is 5.13 Å². The summed E-state index contributed by atoms with van der Waals surface area (Å²) in [5.41, 5.74) is 1.54. The van der Waals surface area contributed by atoms with Crippen LogP contribution in [0.2, 0.25) is 5.02 Å². The van der Waals surface area contributed by atoms with Gasteiger partial charge in [-0.1, -0.05) is 35.1 Å². The van der Waals surface area contributed by atoms with Gasteiger partial charge in [0, 0.05) is 26.2 Å². The maximum absolute atomic E-state index is 12.7. The fraction of sp³-hybridized carbons (Fsp3) is 0.263. The third kappa shape index (κ3) is 3.22. The zero-order chi connectivity index (χ0) is 18.1. The molecule has 1 aromatic heterocycles. The first-order chi connectivity index (χ1) is 12.7. The van der Waals surface area contributed by atoms with Crippen LogP contribution >= 0.6 is 22.9 Å². The number of amides is 1. The molecule has 1 aliphatic heterocycles. The van der Waals surface area contributed by atoms with Crippen LogP contribution in [0.1, 0.15) is 10.4 Å². The van der Waals surface area contributed by atoms with Crippen LogP contribution < -0.4 is 9.64 Å². The molecule has 134 valence electrons. The Morgan fingerprint density at radius 1 is 1.15 bits per heavy atom. The summed E-state index contributed by atoms with van der Waals surface area (Å²) in [6.07, 6.45) is 0. The predicted molar refractivity (Wildman–Crippen MR) is 106 cm³/mol. The number of fused-ring (bicyclic) bond motifs is 1. The number of halogens is 1. The van der Waals surface area contributed by atoms with E-state index in [-0.39, 0.29) is 5.91 Å². The van der Waals surface area contributed by atoms with E-state index in [0.717, 1.165) is 34.2 Å². The molecule has 0 bridgehead atoms. The van der Waals surface area contributed by atoms with E-state index in [2.05, 4.69) is 4.90 Å². The highest BCUT2D eigenvalue weighted by Crippen LogP contribution is 2.32. The Labute approximate surface area is 160 Å². The average molecular weight is 388 g/mol. The molecule has 3 aromatic rings. The van der Waals surface area contributed by atoms with Crippen LogP contribution in [0.15, 0.2) is 42.5 Å². The Balaban J connectivity index is 1.46. The molecule has 5 nitrogen and oxygen atoms in total. The molecule has 1 aliphatic rings. The lowest BCUT2D eigenvalue weighted by Crippen LogP contribution is -2.48.